The predicted molar refractivity (Wildman–Crippen MR) is 76.3 cm³/mol. The summed E-state index contributed by atoms with van der Waals surface area (Å²) in [7, 11) is 0. The summed E-state index contributed by atoms with van der Waals surface area (Å²) in [6.45, 7) is 3.30. The lowest BCUT2D eigenvalue weighted by Gasteiger charge is -2.31. The highest BCUT2D eigenvalue weighted by Crippen LogP contribution is 2.34. The Morgan fingerprint density at radius 2 is 2.05 bits per heavy atom. The van der Waals surface area contributed by atoms with Gasteiger partial charge in [-0.15, -0.1) is 0 Å². The predicted octanol–water partition coefficient (Wildman–Crippen LogP) is 1.45. The maximum atomic E-state index is 12.1. The molecule has 0 aromatic heterocycles. The average molecular weight is 272 g/mol. The van der Waals surface area contributed by atoms with E-state index in [1.165, 1.54) is 16.0 Å². The smallest absolute Gasteiger partial charge is 0.246 e. The van der Waals surface area contributed by atoms with E-state index in [0.717, 1.165) is 19.4 Å². The number of benzene rings is 1. The molecule has 4 nitrogen and oxygen atoms in total. The van der Waals surface area contributed by atoms with E-state index in [1.54, 1.807) is 0 Å². The van der Waals surface area contributed by atoms with Crippen molar-refractivity contribution in [1.82, 2.24) is 10.2 Å². The van der Waals surface area contributed by atoms with E-state index in [4.69, 9.17) is 0 Å². The van der Waals surface area contributed by atoms with Crippen molar-refractivity contribution in [2.75, 3.05) is 13.1 Å². The van der Waals surface area contributed by atoms with Crippen molar-refractivity contribution in [3.8, 4) is 0 Å². The second-order valence-electron chi connectivity index (χ2n) is 5.65. The second kappa shape index (κ2) is 5.37. The molecule has 1 heterocycles. The van der Waals surface area contributed by atoms with E-state index in [0.29, 0.717) is 18.9 Å². The Balaban J connectivity index is 1.56. The van der Waals surface area contributed by atoms with Gasteiger partial charge in [-0.25, -0.2) is 0 Å². The Morgan fingerprint density at radius 1 is 1.25 bits per heavy atom. The third kappa shape index (κ3) is 2.24. The summed E-state index contributed by atoms with van der Waals surface area (Å²) in [5.41, 5.74) is 2.78. The van der Waals surface area contributed by atoms with Gasteiger partial charge < -0.3 is 5.32 Å². The van der Waals surface area contributed by atoms with Crippen LogP contribution in [-0.2, 0) is 16.0 Å². The monoisotopic (exact) mass is 272 g/mol. The number of imide groups is 1. The standard InChI is InChI=1S/C16H20N2O2/c1-2-7-18-15(19)9-14(16(18)20)17-10-12-8-11-5-3-4-6-13(11)12/h3-6,12,14,17H,2,7-10H2,1H3. The van der Waals surface area contributed by atoms with Crippen molar-refractivity contribution in [3.63, 3.8) is 0 Å². The first kappa shape index (κ1) is 13.3. The van der Waals surface area contributed by atoms with Crippen LogP contribution in [0.3, 0.4) is 0 Å². The molecule has 1 aliphatic heterocycles. The molecule has 2 amide bonds. The number of nitrogens with zero attached hydrogens (tertiary/aromatic N) is 1. The Morgan fingerprint density at radius 3 is 2.80 bits per heavy atom. The first-order valence-electron chi connectivity index (χ1n) is 7.36. The Hall–Kier alpha value is -1.68. The fourth-order valence-electron chi connectivity index (χ4n) is 3.13. The topological polar surface area (TPSA) is 49.4 Å². The molecule has 1 saturated heterocycles. The lowest BCUT2D eigenvalue weighted by molar-refractivity contribution is -0.138. The molecule has 1 fully saturated rings. The van der Waals surface area contributed by atoms with Gasteiger partial charge in [-0.2, -0.15) is 0 Å². The number of carbonyl (C=O) groups is 2. The van der Waals surface area contributed by atoms with Crippen molar-refractivity contribution >= 4 is 11.8 Å². The molecular weight excluding hydrogens is 252 g/mol. The molecule has 0 saturated carbocycles. The molecule has 1 aliphatic carbocycles. The summed E-state index contributed by atoms with van der Waals surface area (Å²) < 4.78 is 0. The summed E-state index contributed by atoms with van der Waals surface area (Å²) in [4.78, 5) is 25.3. The zero-order valence-corrected chi connectivity index (χ0v) is 11.8. The third-order valence-electron chi connectivity index (χ3n) is 4.26. The number of hydrogen-bond donors (Lipinski definition) is 1. The maximum Gasteiger partial charge on any atom is 0.246 e. The van der Waals surface area contributed by atoms with E-state index < -0.39 is 0 Å². The van der Waals surface area contributed by atoms with Gasteiger partial charge in [-0.05, 0) is 24.0 Å². The minimum Gasteiger partial charge on any atom is -0.305 e. The molecule has 4 heteroatoms. The first-order chi connectivity index (χ1) is 9.70. The quantitative estimate of drug-likeness (QED) is 0.825. The molecule has 106 valence electrons. The molecule has 0 spiro atoms. The van der Waals surface area contributed by atoms with Gasteiger partial charge in [0.2, 0.25) is 11.8 Å². The van der Waals surface area contributed by atoms with Crippen LogP contribution in [0.1, 0.15) is 36.8 Å². The number of rotatable bonds is 5. The summed E-state index contributed by atoms with van der Waals surface area (Å²) >= 11 is 0. The van der Waals surface area contributed by atoms with Crippen LogP contribution < -0.4 is 5.32 Å². The molecule has 1 N–H and O–H groups in total. The maximum absolute atomic E-state index is 12.1. The number of carbonyl (C=O) groups excluding carboxylic acids is 2. The zero-order chi connectivity index (χ0) is 14.1. The molecule has 0 bridgehead atoms. The van der Waals surface area contributed by atoms with Gasteiger partial charge in [-0.3, -0.25) is 14.5 Å². The van der Waals surface area contributed by atoms with Gasteiger partial charge in [0.15, 0.2) is 0 Å². The number of likely N-dealkylation sites (tertiary alicyclic amines) is 1. The summed E-state index contributed by atoms with van der Waals surface area (Å²) in [5, 5.41) is 3.28. The van der Waals surface area contributed by atoms with E-state index in [-0.39, 0.29) is 17.9 Å². The van der Waals surface area contributed by atoms with Crippen molar-refractivity contribution in [2.45, 2.75) is 38.1 Å². The summed E-state index contributed by atoms with van der Waals surface area (Å²) in [6, 6.07) is 8.10. The fraction of sp³-hybridized carbons (Fsp3) is 0.500. The fourth-order valence-corrected chi connectivity index (χ4v) is 3.13. The number of fused-ring (bicyclic) bond motifs is 1. The molecule has 2 atom stereocenters. The van der Waals surface area contributed by atoms with Crippen molar-refractivity contribution in [2.24, 2.45) is 0 Å². The van der Waals surface area contributed by atoms with Crippen LogP contribution in [0.25, 0.3) is 0 Å². The lowest BCUT2D eigenvalue weighted by Crippen LogP contribution is -2.41. The minimum atomic E-state index is -0.318. The van der Waals surface area contributed by atoms with E-state index >= 15 is 0 Å². The van der Waals surface area contributed by atoms with Crippen LogP contribution in [-0.4, -0.2) is 35.8 Å². The SMILES string of the molecule is CCCN1C(=O)CC(NCC2Cc3ccccc32)C1=O. The Kier molecular flexibility index (Phi) is 3.57. The molecule has 1 aromatic rings. The van der Waals surface area contributed by atoms with Crippen molar-refractivity contribution < 1.29 is 9.59 Å². The van der Waals surface area contributed by atoms with Gasteiger partial charge >= 0.3 is 0 Å². The van der Waals surface area contributed by atoms with Gasteiger partial charge in [0.05, 0.1) is 12.5 Å². The Labute approximate surface area is 119 Å². The largest absolute Gasteiger partial charge is 0.305 e. The molecule has 2 unspecified atom stereocenters. The van der Waals surface area contributed by atoms with E-state index in [1.807, 2.05) is 6.92 Å². The van der Waals surface area contributed by atoms with Crippen LogP contribution in [0.5, 0.6) is 0 Å². The summed E-state index contributed by atoms with van der Waals surface area (Å²) in [6.07, 6.45) is 2.20. The average Bonchev–Trinajstić information content (AvgIpc) is 2.68. The van der Waals surface area contributed by atoms with Crippen LogP contribution in [0.15, 0.2) is 24.3 Å². The van der Waals surface area contributed by atoms with Gasteiger partial charge in [0.25, 0.3) is 0 Å². The molecule has 1 aromatic carbocycles. The number of hydrogen-bond acceptors (Lipinski definition) is 3. The highest BCUT2D eigenvalue weighted by molar-refractivity contribution is 6.05. The van der Waals surface area contributed by atoms with Gasteiger partial charge in [0.1, 0.15) is 0 Å². The molecule has 20 heavy (non-hydrogen) atoms. The van der Waals surface area contributed by atoms with E-state index in [2.05, 4.69) is 29.6 Å². The van der Waals surface area contributed by atoms with Crippen LogP contribution in [0.2, 0.25) is 0 Å². The highest BCUT2D eigenvalue weighted by Gasteiger charge is 2.38. The van der Waals surface area contributed by atoms with Crippen LogP contribution >= 0.6 is 0 Å². The second-order valence-corrected chi connectivity index (χ2v) is 5.65. The molecule has 0 radical (unpaired) electrons. The van der Waals surface area contributed by atoms with Gasteiger partial charge in [0, 0.05) is 19.0 Å². The Bertz CT molecular complexity index is 541. The van der Waals surface area contributed by atoms with Gasteiger partial charge in [-0.1, -0.05) is 31.2 Å². The van der Waals surface area contributed by atoms with Crippen molar-refractivity contribution in [3.05, 3.63) is 35.4 Å². The number of amides is 2. The first-order valence-corrected chi connectivity index (χ1v) is 7.36. The van der Waals surface area contributed by atoms with Crippen molar-refractivity contribution in [1.29, 1.82) is 0 Å². The minimum absolute atomic E-state index is 0.0386. The van der Waals surface area contributed by atoms with Crippen LogP contribution in [0, 0.1) is 0 Å². The number of nitrogens with one attached hydrogen (secondary N) is 1. The van der Waals surface area contributed by atoms with Crippen LogP contribution in [0.4, 0.5) is 0 Å². The zero-order valence-electron chi connectivity index (χ0n) is 11.8. The normalized spacial score (nSPS) is 24.8. The molecule has 3 rings (SSSR count). The molecular formula is C16H20N2O2. The van der Waals surface area contributed by atoms with E-state index in [9.17, 15) is 9.59 Å². The summed E-state index contributed by atoms with van der Waals surface area (Å²) in [5.74, 6) is 0.391. The highest BCUT2D eigenvalue weighted by atomic mass is 16.2. The molecule has 2 aliphatic rings. The third-order valence-corrected chi connectivity index (χ3v) is 4.26. The lowest BCUT2D eigenvalue weighted by atomic mass is 9.77.